The molecule has 0 radical (unpaired) electrons. The minimum Gasteiger partial charge on any atom is -0.469 e. The number of esters is 1. The summed E-state index contributed by atoms with van der Waals surface area (Å²) < 4.78 is 5.15. The van der Waals surface area contributed by atoms with Crippen LogP contribution in [0.5, 0.6) is 0 Å². The zero-order valence-electron chi connectivity index (χ0n) is 23.0. The van der Waals surface area contributed by atoms with Gasteiger partial charge in [-0.25, -0.2) is 0 Å². The molecule has 0 aromatic carbocycles. The molecule has 3 atom stereocenters. The lowest BCUT2D eigenvalue weighted by Gasteiger charge is -2.10. The first-order valence-corrected chi connectivity index (χ1v) is 12.8. The Morgan fingerprint density at radius 2 is 1.18 bits per heavy atom. The van der Waals surface area contributed by atoms with E-state index < -0.39 is 0 Å². The van der Waals surface area contributed by atoms with E-state index in [9.17, 15) is 4.79 Å². The first kappa shape index (κ1) is 29.2. The van der Waals surface area contributed by atoms with E-state index in [2.05, 4.69) is 85.8 Å². The molecule has 1 aliphatic rings. The number of rotatable bonds is 14. The van der Waals surface area contributed by atoms with Crippen molar-refractivity contribution in [1.29, 1.82) is 0 Å². The summed E-state index contributed by atoms with van der Waals surface area (Å²) in [6.07, 6.45) is 20.4. The van der Waals surface area contributed by atoms with Gasteiger partial charge in [0.15, 0.2) is 0 Å². The van der Waals surface area contributed by atoms with Gasteiger partial charge in [-0.15, -0.1) is 0 Å². The van der Waals surface area contributed by atoms with E-state index in [1.807, 2.05) is 0 Å². The highest BCUT2D eigenvalue weighted by Gasteiger charge is 2.63. The molecule has 0 saturated heterocycles. The Morgan fingerprint density at radius 1 is 0.727 bits per heavy atom. The minimum absolute atomic E-state index is 0.00169. The Labute approximate surface area is 205 Å². The van der Waals surface area contributed by atoms with Crippen molar-refractivity contribution in [3.63, 3.8) is 0 Å². The molecule has 1 saturated carbocycles. The largest absolute Gasteiger partial charge is 0.469 e. The maximum atomic E-state index is 12.4. The van der Waals surface area contributed by atoms with Gasteiger partial charge in [-0.2, -0.15) is 0 Å². The van der Waals surface area contributed by atoms with Crippen LogP contribution < -0.4 is 0 Å². The number of allylic oxidation sites excluding steroid dienone is 10. The first-order chi connectivity index (χ1) is 15.5. The van der Waals surface area contributed by atoms with Crippen LogP contribution in [0.3, 0.4) is 0 Å². The van der Waals surface area contributed by atoms with Gasteiger partial charge < -0.3 is 4.74 Å². The van der Waals surface area contributed by atoms with Crippen molar-refractivity contribution in [2.24, 2.45) is 17.3 Å². The van der Waals surface area contributed by atoms with Crippen LogP contribution in [0.1, 0.15) is 107 Å². The molecule has 33 heavy (non-hydrogen) atoms. The maximum absolute atomic E-state index is 12.4. The summed E-state index contributed by atoms with van der Waals surface area (Å²) >= 11 is 0. The molecule has 0 amide bonds. The molecule has 0 aromatic heterocycles. The van der Waals surface area contributed by atoms with Crippen LogP contribution in [-0.2, 0) is 9.53 Å². The molecule has 0 unspecified atom stereocenters. The number of hydrogen-bond donors (Lipinski definition) is 0. The zero-order chi connectivity index (χ0) is 25.0. The fourth-order valence-corrected chi connectivity index (χ4v) is 4.70. The summed E-state index contributed by atoms with van der Waals surface area (Å²) in [5.74, 6) is 0.246. The lowest BCUT2D eigenvalue weighted by Crippen LogP contribution is -2.09. The maximum Gasteiger partial charge on any atom is 0.309 e. The highest BCUT2D eigenvalue weighted by Crippen LogP contribution is 2.63. The van der Waals surface area contributed by atoms with Crippen LogP contribution in [0, 0.1) is 17.3 Å². The fraction of sp³-hybridized carbons (Fsp3) is 0.645. The van der Waals surface area contributed by atoms with Crippen molar-refractivity contribution < 1.29 is 9.53 Å². The third kappa shape index (κ3) is 10.8. The monoisotopic (exact) mass is 454 g/mol. The van der Waals surface area contributed by atoms with Crippen LogP contribution >= 0.6 is 0 Å². The Balaban J connectivity index is 2.65. The van der Waals surface area contributed by atoms with Crippen molar-refractivity contribution in [3.8, 4) is 0 Å². The van der Waals surface area contributed by atoms with Crippen molar-refractivity contribution in [2.75, 3.05) is 7.11 Å². The molecule has 2 nitrogen and oxygen atoms in total. The van der Waals surface area contributed by atoms with Crippen LogP contribution in [0.25, 0.3) is 0 Å². The average molecular weight is 455 g/mol. The third-order valence-corrected chi connectivity index (χ3v) is 7.03. The number of hydrogen-bond acceptors (Lipinski definition) is 2. The Kier molecular flexibility index (Phi) is 12.8. The minimum atomic E-state index is -0.0502. The summed E-state index contributed by atoms with van der Waals surface area (Å²) in [6.45, 7) is 17.6. The summed E-state index contributed by atoms with van der Waals surface area (Å²) in [5.41, 5.74) is 7.09. The van der Waals surface area contributed by atoms with E-state index in [0.717, 1.165) is 51.4 Å². The predicted molar refractivity (Wildman–Crippen MR) is 144 cm³/mol. The van der Waals surface area contributed by atoms with Gasteiger partial charge in [0, 0.05) is 0 Å². The average Bonchev–Trinajstić information content (AvgIpc) is 3.29. The van der Waals surface area contributed by atoms with E-state index in [0.29, 0.717) is 5.92 Å². The molecule has 0 heterocycles. The molecule has 0 N–H and O–H groups in total. The topological polar surface area (TPSA) is 26.3 Å². The van der Waals surface area contributed by atoms with Crippen molar-refractivity contribution in [2.45, 2.75) is 107 Å². The Morgan fingerprint density at radius 3 is 1.67 bits per heavy atom. The van der Waals surface area contributed by atoms with Gasteiger partial charge in [0.2, 0.25) is 0 Å². The lowest BCUT2D eigenvalue weighted by atomic mass is 9.95. The number of carbonyl (C=O) groups excluding carboxylic acids is 1. The molecule has 1 fully saturated rings. The highest BCUT2D eigenvalue weighted by molar-refractivity contribution is 5.78. The molecule has 0 bridgehead atoms. The van der Waals surface area contributed by atoms with Gasteiger partial charge in [0.05, 0.1) is 13.0 Å². The van der Waals surface area contributed by atoms with Gasteiger partial charge in [-0.1, -0.05) is 65.2 Å². The van der Waals surface area contributed by atoms with Crippen LogP contribution in [0.2, 0.25) is 0 Å². The van der Waals surface area contributed by atoms with Crippen molar-refractivity contribution >= 4 is 5.97 Å². The van der Waals surface area contributed by atoms with E-state index in [1.165, 1.54) is 35.0 Å². The second-order valence-corrected chi connectivity index (χ2v) is 10.9. The van der Waals surface area contributed by atoms with Gasteiger partial charge in [0.1, 0.15) is 0 Å². The molecule has 1 aliphatic carbocycles. The molecule has 2 heteroatoms. The molecular weight excluding hydrogens is 404 g/mol. The van der Waals surface area contributed by atoms with E-state index in [1.54, 1.807) is 0 Å². The quantitative estimate of drug-likeness (QED) is 0.193. The molecular formula is C31H50O2. The predicted octanol–water partition coefficient (Wildman–Crippen LogP) is 9.30. The molecule has 186 valence electrons. The van der Waals surface area contributed by atoms with E-state index >= 15 is 0 Å². The smallest absolute Gasteiger partial charge is 0.309 e. The second kappa shape index (κ2) is 14.4. The number of ether oxygens (including phenoxy) is 1. The standard InChI is InChI=1S/C31H50O2/c1-23(2)14-10-16-25(5)18-12-19-27(7)22-28-29(30(32)33-9)31(28,8)21-13-20-26(6)17-11-15-24(3)4/h14-15,18,20,22,28-29H,10-13,16-17,19,21H2,1-9H3/b25-18+,26-20+,27-22+/t28-,29+,31+/m0/s1. The summed E-state index contributed by atoms with van der Waals surface area (Å²) in [6, 6.07) is 0. The summed E-state index contributed by atoms with van der Waals surface area (Å²) in [4.78, 5) is 12.4. The molecule has 1 rings (SSSR count). The van der Waals surface area contributed by atoms with Crippen molar-refractivity contribution in [3.05, 3.63) is 58.2 Å². The van der Waals surface area contributed by atoms with Gasteiger partial charge in [0.25, 0.3) is 0 Å². The Hall–Kier alpha value is -1.83. The molecule has 0 aliphatic heterocycles. The Bertz CT molecular complexity index is 782. The molecule has 0 aromatic rings. The van der Waals surface area contributed by atoms with Crippen LogP contribution in [0.15, 0.2) is 58.2 Å². The fourth-order valence-electron chi connectivity index (χ4n) is 4.70. The number of methoxy groups -OCH3 is 1. The zero-order valence-corrected chi connectivity index (χ0v) is 23.0. The van der Waals surface area contributed by atoms with Gasteiger partial charge in [-0.05, 0) is 111 Å². The highest BCUT2D eigenvalue weighted by atomic mass is 16.5. The van der Waals surface area contributed by atoms with E-state index in [4.69, 9.17) is 4.74 Å². The van der Waals surface area contributed by atoms with Crippen LogP contribution in [-0.4, -0.2) is 13.1 Å². The first-order valence-electron chi connectivity index (χ1n) is 12.8. The summed E-state index contributed by atoms with van der Waals surface area (Å²) in [5, 5.41) is 0. The second-order valence-electron chi connectivity index (χ2n) is 10.9. The molecule has 0 spiro atoms. The van der Waals surface area contributed by atoms with Crippen LogP contribution in [0.4, 0.5) is 0 Å². The van der Waals surface area contributed by atoms with Crippen molar-refractivity contribution in [1.82, 2.24) is 0 Å². The SMILES string of the molecule is COC(=O)[C@H]1[C@H](/C=C(\C)CC/C=C(\C)CCC=C(C)C)[C@@]1(C)CC/C=C(\C)CCC=C(C)C. The number of carbonyl (C=O) groups is 1. The van der Waals surface area contributed by atoms with Gasteiger partial charge >= 0.3 is 5.97 Å². The van der Waals surface area contributed by atoms with E-state index in [-0.39, 0.29) is 17.3 Å². The summed E-state index contributed by atoms with van der Waals surface area (Å²) in [7, 11) is 1.52. The third-order valence-electron chi connectivity index (χ3n) is 7.03. The lowest BCUT2D eigenvalue weighted by molar-refractivity contribution is -0.143. The normalized spacial score (nSPS) is 23.2. The van der Waals surface area contributed by atoms with Gasteiger partial charge in [-0.3, -0.25) is 4.79 Å².